The molecule has 2 unspecified atom stereocenters. The van der Waals surface area contributed by atoms with Gasteiger partial charge in [-0.25, -0.2) is 0 Å². The Morgan fingerprint density at radius 2 is 0.839 bits per heavy atom. The van der Waals surface area contributed by atoms with Gasteiger partial charge in [-0.1, -0.05) is 231 Å². The van der Waals surface area contributed by atoms with E-state index in [1.807, 2.05) is 21.1 Å². The van der Waals surface area contributed by atoms with E-state index in [2.05, 4.69) is 26.0 Å². The fraction of sp³-hybridized carbons (Fsp3) is 0.943. The minimum absolute atomic E-state index is 0.0300. The summed E-state index contributed by atoms with van der Waals surface area (Å²) < 4.78 is 34.8. The van der Waals surface area contributed by atoms with Crippen molar-refractivity contribution in [3.63, 3.8) is 0 Å². The SMILES string of the molecule is CCCCCCCCCC/C=C\CCCCCCCCCCCCCCOCC(COP(=O)([O-])OCC[N+](C)(C)C)OC(=O)CCCCCCCCCCCCCCCCCC. The molecule has 0 spiro atoms. The predicted octanol–water partition coefficient (Wildman–Crippen LogP) is 15.9. The summed E-state index contributed by atoms with van der Waals surface area (Å²) in [6.45, 7) is 5.48. The minimum Gasteiger partial charge on any atom is -0.756 e. The Kier molecular flexibility index (Phi) is 46.2. The van der Waals surface area contributed by atoms with Crippen molar-refractivity contribution in [2.75, 3.05) is 54.1 Å². The van der Waals surface area contributed by atoms with Crippen molar-refractivity contribution in [3.8, 4) is 0 Å². The lowest BCUT2D eigenvalue weighted by molar-refractivity contribution is -0.870. The average Bonchev–Trinajstić information content (AvgIpc) is 3.23. The number of carbonyl (C=O) groups excluding carboxylic acids is 1. The molecule has 0 amide bonds. The fourth-order valence-electron chi connectivity index (χ4n) is 7.90. The van der Waals surface area contributed by atoms with E-state index in [4.69, 9.17) is 18.5 Å². The van der Waals surface area contributed by atoms with E-state index in [1.165, 1.54) is 212 Å². The van der Waals surface area contributed by atoms with Gasteiger partial charge in [-0.05, 0) is 38.5 Å². The third-order valence-electron chi connectivity index (χ3n) is 12.1. The third kappa shape index (κ3) is 50.2. The average molecular weight is 900 g/mol. The fourth-order valence-corrected chi connectivity index (χ4v) is 8.63. The number of allylic oxidation sites excluding steroid dienone is 2. The molecule has 370 valence electrons. The molecule has 0 aliphatic carbocycles. The van der Waals surface area contributed by atoms with E-state index in [0.29, 0.717) is 24.1 Å². The molecular weight excluding hydrogens is 794 g/mol. The molecular formula is C53H106NO7P. The molecule has 0 N–H and O–H groups in total. The lowest BCUT2D eigenvalue weighted by Crippen LogP contribution is -2.37. The van der Waals surface area contributed by atoms with Gasteiger partial charge >= 0.3 is 5.97 Å². The Labute approximate surface area is 386 Å². The van der Waals surface area contributed by atoms with Gasteiger partial charge in [-0.2, -0.15) is 0 Å². The Balaban J connectivity index is 4.04. The number of hydrogen-bond donors (Lipinski definition) is 0. The molecule has 0 bridgehead atoms. The summed E-state index contributed by atoms with van der Waals surface area (Å²) >= 11 is 0. The van der Waals surface area contributed by atoms with Crippen LogP contribution in [0.4, 0.5) is 0 Å². The van der Waals surface area contributed by atoms with E-state index in [1.54, 1.807) is 0 Å². The van der Waals surface area contributed by atoms with Gasteiger partial charge in [0.15, 0.2) is 0 Å². The second kappa shape index (κ2) is 46.8. The topological polar surface area (TPSA) is 94.1 Å². The van der Waals surface area contributed by atoms with Crippen molar-refractivity contribution in [1.82, 2.24) is 0 Å². The number of phosphoric ester groups is 1. The molecule has 8 nitrogen and oxygen atoms in total. The first-order valence-electron chi connectivity index (χ1n) is 26.9. The summed E-state index contributed by atoms with van der Waals surface area (Å²) in [5.41, 5.74) is 0. The Hall–Kier alpha value is -0.760. The summed E-state index contributed by atoms with van der Waals surface area (Å²) in [6.07, 6.45) is 53.8. The molecule has 0 aromatic carbocycles. The highest BCUT2D eigenvalue weighted by molar-refractivity contribution is 7.45. The summed E-state index contributed by atoms with van der Waals surface area (Å²) in [4.78, 5) is 25.2. The quantitative estimate of drug-likeness (QED) is 0.0197. The summed E-state index contributed by atoms with van der Waals surface area (Å²) in [7, 11) is 1.37. The monoisotopic (exact) mass is 900 g/mol. The number of quaternary nitrogens is 1. The van der Waals surface area contributed by atoms with Crippen molar-refractivity contribution in [3.05, 3.63) is 12.2 Å². The van der Waals surface area contributed by atoms with Crippen molar-refractivity contribution in [2.24, 2.45) is 0 Å². The number of esters is 1. The first kappa shape index (κ1) is 61.2. The van der Waals surface area contributed by atoms with Crippen LogP contribution in [0.15, 0.2) is 12.2 Å². The number of phosphoric acid groups is 1. The zero-order valence-corrected chi connectivity index (χ0v) is 43.0. The summed E-state index contributed by atoms with van der Waals surface area (Å²) in [5.74, 6) is -0.327. The van der Waals surface area contributed by atoms with E-state index >= 15 is 0 Å². The lowest BCUT2D eigenvalue weighted by atomic mass is 10.0. The maximum Gasteiger partial charge on any atom is 0.306 e. The van der Waals surface area contributed by atoms with Crippen LogP contribution in [0.25, 0.3) is 0 Å². The van der Waals surface area contributed by atoms with Gasteiger partial charge in [-0.3, -0.25) is 9.36 Å². The van der Waals surface area contributed by atoms with E-state index in [0.717, 1.165) is 32.1 Å². The van der Waals surface area contributed by atoms with Gasteiger partial charge in [-0.15, -0.1) is 0 Å². The molecule has 0 aromatic heterocycles. The second-order valence-corrected chi connectivity index (χ2v) is 21.0. The number of likely N-dealkylation sites (N-methyl/N-ethyl adjacent to an activating group) is 1. The van der Waals surface area contributed by atoms with Crippen LogP contribution in [0.2, 0.25) is 0 Å². The van der Waals surface area contributed by atoms with Crippen molar-refractivity contribution in [1.29, 1.82) is 0 Å². The molecule has 0 aromatic rings. The van der Waals surface area contributed by atoms with Crippen LogP contribution in [0.5, 0.6) is 0 Å². The van der Waals surface area contributed by atoms with Gasteiger partial charge in [0.1, 0.15) is 19.3 Å². The molecule has 0 rings (SSSR count). The number of nitrogens with zero attached hydrogens (tertiary/aromatic N) is 1. The maximum atomic E-state index is 12.7. The standard InChI is InChI=1S/C53H106NO7P/c1-6-8-10-12-14-16-18-20-22-24-25-26-27-28-29-30-31-33-35-37-39-41-43-45-48-58-50-52(51-60-62(56,57)59-49-47-54(3,4)5)61-53(55)46-44-42-40-38-36-34-32-23-21-19-17-15-13-11-9-7-2/h24-25,52H,6-23,26-51H2,1-5H3/b25-24-. The first-order valence-corrected chi connectivity index (χ1v) is 28.4. The normalized spacial score (nSPS) is 13.6. The molecule has 0 aliphatic rings. The Morgan fingerprint density at radius 3 is 1.23 bits per heavy atom. The highest BCUT2D eigenvalue weighted by atomic mass is 31.2. The molecule has 0 aliphatic heterocycles. The van der Waals surface area contributed by atoms with Crippen molar-refractivity contribution in [2.45, 2.75) is 270 Å². The molecule has 0 saturated carbocycles. The number of ether oxygens (including phenoxy) is 2. The molecule has 62 heavy (non-hydrogen) atoms. The Morgan fingerprint density at radius 1 is 0.484 bits per heavy atom. The highest BCUT2D eigenvalue weighted by Gasteiger charge is 2.20. The van der Waals surface area contributed by atoms with Gasteiger partial charge in [0.25, 0.3) is 7.82 Å². The molecule has 9 heteroatoms. The Bertz CT molecular complexity index is 1000. The van der Waals surface area contributed by atoms with Crippen molar-refractivity contribution < 1.29 is 37.3 Å². The van der Waals surface area contributed by atoms with Gasteiger partial charge in [0.2, 0.25) is 0 Å². The molecule has 0 radical (unpaired) electrons. The van der Waals surface area contributed by atoms with Crippen LogP contribution in [0.1, 0.15) is 264 Å². The number of rotatable bonds is 51. The van der Waals surface area contributed by atoms with Crippen LogP contribution >= 0.6 is 7.82 Å². The minimum atomic E-state index is -4.52. The smallest absolute Gasteiger partial charge is 0.306 e. The van der Waals surface area contributed by atoms with Gasteiger partial charge in [0.05, 0.1) is 34.4 Å². The second-order valence-electron chi connectivity index (χ2n) is 19.6. The molecule has 2 atom stereocenters. The summed E-state index contributed by atoms with van der Waals surface area (Å²) in [5, 5.41) is 0. The van der Waals surface area contributed by atoms with Gasteiger partial charge < -0.3 is 27.9 Å². The van der Waals surface area contributed by atoms with Gasteiger partial charge in [0, 0.05) is 13.0 Å². The molecule has 0 fully saturated rings. The molecule has 0 saturated heterocycles. The molecule has 0 heterocycles. The zero-order valence-electron chi connectivity index (χ0n) is 42.1. The first-order chi connectivity index (χ1) is 30.1. The number of unbranched alkanes of at least 4 members (excludes halogenated alkanes) is 35. The van der Waals surface area contributed by atoms with Crippen LogP contribution < -0.4 is 4.89 Å². The largest absolute Gasteiger partial charge is 0.756 e. The number of hydrogen-bond acceptors (Lipinski definition) is 7. The van der Waals surface area contributed by atoms with Crippen LogP contribution in [0.3, 0.4) is 0 Å². The van der Waals surface area contributed by atoms with E-state index in [9.17, 15) is 14.3 Å². The van der Waals surface area contributed by atoms with E-state index in [-0.39, 0.29) is 25.8 Å². The predicted molar refractivity (Wildman–Crippen MR) is 264 cm³/mol. The van der Waals surface area contributed by atoms with Crippen LogP contribution in [0, 0.1) is 0 Å². The van der Waals surface area contributed by atoms with Crippen LogP contribution in [-0.2, 0) is 27.9 Å². The number of carbonyl (C=O) groups is 1. The third-order valence-corrected chi connectivity index (χ3v) is 13.0. The van der Waals surface area contributed by atoms with Crippen LogP contribution in [-0.4, -0.2) is 70.7 Å². The lowest BCUT2D eigenvalue weighted by Gasteiger charge is -2.28. The highest BCUT2D eigenvalue weighted by Crippen LogP contribution is 2.38. The maximum absolute atomic E-state index is 12.7. The van der Waals surface area contributed by atoms with Crippen molar-refractivity contribution >= 4 is 13.8 Å². The zero-order chi connectivity index (χ0) is 45.5. The van der Waals surface area contributed by atoms with E-state index < -0.39 is 13.9 Å². The summed E-state index contributed by atoms with van der Waals surface area (Å²) in [6, 6.07) is 0.